The average molecular weight is 255 g/mol. The SMILES string of the molecule is CC(C)(C)OC(=O)NCCC(=O)c1ccsc1. The monoisotopic (exact) mass is 255 g/mol. The van der Waals surface area contributed by atoms with E-state index in [4.69, 9.17) is 4.74 Å². The first-order valence-electron chi connectivity index (χ1n) is 5.41. The van der Waals surface area contributed by atoms with Gasteiger partial charge >= 0.3 is 6.09 Å². The summed E-state index contributed by atoms with van der Waals surface area (Å²) in [6.45, 7) is 5.68. The van der Waals surface area contributed by atoms with Crippen LogP contribution in [0, 0.1) is 0 Å². The third-order valence-electron chi connectivity index (χ3n) is 1.86. The van der Waals surface area contributed by atoms with Crippen molar-refractivity contribution in [1.29, 1.82) is 0 Å². The minimum Gasteiger partial charge on any atom is -0.444 e. The molecule has 5 heteroatoms. The molecule has 0 aliphatic rings. The molecule has 17 heavy (non-hydrogen) atoms. The molecule has 0 unspecified atom stereocenters. The summed E-state index contributed by atoms with van der Waals surface area (Å²) in [6.07, 6.45) is -0.202. The number of alkyl carbamates (subject to hydrolysis) is 1. The fraction of sp³-hybridized carbons (Fsp3) is 0.500. The lowest BCUT2D eigenvalue weighted by Crippen LogP contribution is -2.33. The van der Waals surface area contributed by atoms with E-state index >= 15 is 0 Å². The van der Waals surface area contributed by atoms with Gasteiger partial charge in [0.05, 0.1) is 0 Å². The second kappa shape index (κ2) is 5.82. The van der Waals surface area contributed by atoms with E-state index in [9.17, 15) is 9.59 Å². The molecule has 0 saturated heterocycles. The lowest BCUT2D eigenvalue weighted by atomic mass is 10.2. The van der Waals surface area contributed by atoms with Crippen molar-refractivity contribution in [2.45, 2.75) is 32.8 Å². The molecule has 4 nitrogen and oxygen atoms in total. The molecular weight excluding hydrogens is 238 g/mol. The van der Waals surface area contributed by atoms with Crippen LogP contribution in [-0.4, -0.2) is 24.0 Å². The zero-order chi connectivity index (χ0) is 12.9. The van der Waals surface area contributed by atoms with Crippen LogP contribution in [0.15, 0.2) is 16.8 Å². The van der Waals surface area contributed by atoms with E-state index < -0.39 is 11.7 Å². The van der Waals surface area contributed by atoms with E-state index in [0.29, 0.717) is 12.1 Å². The van der Waals surface area contributed by atoms with Gasteiger partial charge in [-0.15, -0.1) is 0 Å². The first-order valence-corrected chi connectivity index (χ1v) is 6.35. The maximum Gasteiger partial charge on any atom is 0.407 e. The van der Waals surface area contributed by atoms with E-state index in [1.54, 1.807) is 32.2 Å². The number of rotatable bonds is 4. The Balaban J connectivity index is 2.24. The fourth-order valence-corrected chi connectivity index (χ4v) is 1.82. The fourth-order valence-electron chi connectivity index (χ4n) is 1.16. The number of nitrogens with one attached hydrogen (secondary N) is 1. The van der Waals surface area contributed by atoms with Gasteiger partial charge in [0.15, 0.2) is 5.78 Å². The molecule has 1 heterocycles. The summed E-state index contributed by atoms with van der Waals surface area (Å²) in [5.41, 5.74) is 0.183. The first kappa shape index (κ1) is 13.7. The van der Waals surface area contributed by atoms with Crippen molar-refractivity contribution < 1.29 is 14.3 Å². The molecule has 1 rings (SSSR count). The molecule has 1 amide bonds. The first-order chi connectivity index (χ1) is 7.88. The average Bonchev–Trinajstić information content (AvgIpc) is 2.66. The lowest BCUT2D eigenvalue weighted by molar-refractivity contribution is 0.0527. The standard InChI is InChI=1S/C12H17NO3S/c1-12(2,3)16-11(15)13-6-4-10(14)9-5-7-17-8-9/h5,7-8H,4,6H2,1-3H3,(H,13,15). The highest BCUT2D eigenvalue weighted by molar-refractivity contribution is 7.08. The van der Waals surface area contributed by atoms with E-state index in [1.165, 1.54) is 11.3 Å². The second-order valence-corrected chi connectivity index (χ2v) is 5.39. The van der Waals surface area contributed by atoms with Crippen LogP contribution in [-0.2, 0) is 4.74 Å². The number of thiophene rings is 1. The topological polar surface area (TPSA) is 55.4 Å². The molecule has 0 radical (unpaired) electrons. The van der Waals surface area contributed by atoms with Crippen LogP contribution in [0.2, 0.25) is 0 Å². The number of ketones is 1. The van der Waals surface area contributed by atoms with Gasteiger partial charge in [0.2, 0.25) is 0 Å². The summed E-state index contributed by atoms with van der Waals surface area (Å²) in [5, 5.41) is 6.21. The summed E-state index contributed by atoms with van der Waals surface area (Å²) in [7, 11) is 0. The summed E-state index contributed by atoms with van der Waals surface area (Å²) < 4.78 is 5.05. The Morgan fingerprint density at radius 2 is 2.12 bits per heavy atom. The zero-order valence-electron chi connectivity index (χ0n) is 10.3. The van der Waals surface area contributed by atoms with Gasteiger partial charge in [-0.25, -0.2) is 4.79 Å². The van der Waals surface area contributed by atoms with E-state index in [2.05, 4.69) is 5.32 Å². The lowest BCUT2D eigenvalue weighted by Gasteiger charge is -2.19. The van der Waals surface area contributed by atoms with E-state index in [0.717, 1.165) is 0 Å². The number of amides is 1. The number of Topliss-reactive ketones (excluding diaryl/α,β-unsaturated/α-hetero) is 1. The molecule has 0 bridgehead atoms. The molecule has 0 atom stereocenters. The maximum absolute atomic E-state index is 11.6. The normalized spacial score (nSPS) is 11.0. The van der Waals surface area contributed by atoms with Crippen LogP contribution in [0.4, 0.5) is 4.79 Å². The summed E-state index contributed by atoms with van der Waals surface area (Å²) >= 11 is 1.48. The van der Waals surface area contributed by atoms with Crippen molar-refractivity contribution in [1.82, 2.24) is 5.32 Å². The summed E-state index contributed by atoms with van der Waals surface area (Å²) in [6, 6.07) is 1.78. The van der Waals surface area contributed by atoms with Crippen LogP contribution in [0.25, 0.3) is 0 Å². The highest BCUT2D eigenvalue weighted by Crippen LogP contribution is 2.09. The quantitative estimate of drug-likeness (QED) is 0.842. The van der Waals surface area contributed by atoms with E-state index in [1.807, 2.05) is 5.38 Å². The Hall–Kier alpha value is -1.36. The highest BCUT2D eigenvalue weighted by Gasteiger charge is 2.16. The predicted molar refractivity (Wildman–Crippen MR) is 67.5 cm³/mol. The van der Waals surface area contributed by atoms with Gasteiger partial charge in [0, 0.05) is 23.9 Å². The largest absolute Gasteiger partial charge is 0.444 e. The van der Waals surface area contributed by atoms with Gasteiger partial charge in [0.25, 0.3) is 0 Å². The molecule has 1 aromatic heterocycles. The molecule has 0 fully saturated rings. The van der Waals surface area contributed by atoms with Crippen LogP contribution in [0.1, 0.15) is 37.6 Å². The molecule has 0 spiro atoms. The number of carbonyl (C=O) groups is 2. The number of carbonyl (C=O) groups excluding carboxylic acids is 2. The van der Waals surface area contributed by atoms with Crippen molar-refractivity contribution in [2.24, 2.45) is 0 Å². The van der Waals surface area contributed by atoms with Crippen molar-refractivity contribution in [3.05, 3.63) is 22.4 Å². The Morgan fingerprint density at radius 1 is 1.41 bits per heavy atom. The van der Waals surface area contributed by atoms with Crippen molar-refractivity contribution in [2.75, 3.05) is 6.54 Å². The Labute approximate surface area is 105 Å². The van der Waals surface area contributed by atoms with Gasteiger partial charge in [-0.1, -0.05) is 0 Å². The number of hydrogen-bond acceptors (Lipinski definition) is 4. The summed E-state index contributed by atoms with van der Waals surface area (Å²) in [5.74, 6) is 0.0299. The minimum absolute atomic E-state index is 0.0299. The molecule has 94 valence electrons. The molecule has 1 aromatic rings. The molecule has 0 aliphatic heterocycles. The van der Waals surface area contributed by atoms with Crippen molar-refractivity contribution in [3.63, 3.8) is 0 Å². The van der Waals surface area contributed by atoms with Gasteiger partial charge in [0.1, 0.15) is 5.60 Å². The molecule has 0 aromatic carbocycles. The smallest absolute Gasteiger partial charge is 0.407 e. The molecule has 0 aliphatic carbocycles. The predicted octanol–water partition coefficient (Wildman–Crippen LogP) is 2.85. The maximum atomic E-state index is 11.6. The van der Waals surface area contributed by atoms with Crippen LogP contribution in [0.3, 0.4) is 0 Å². The number of hydrogen-bond donors (Lipinski definition) is 1. The Morgan fingerprint density at radius 3 is 2.65 bits per heavy atom. The van der Waals surface area contributed by atoms with Crippen LogP contribution in [0.5, 0.6) is 0 Å². The van der Waals surface area contributed by atoms with Gasteiger partial charge < -0.3 is 10.1 Å². The summed E-state index contributed by atoms with van der Waals surface area (Å²) in [4.78, 5) is 22.9. The highest BCUT2D eigenvalue weighted by atomic mass is 32.1. The van der Waals surface area contributed by atoms with Crippen molar-refractivity contribution >= 4 is 23.2 Å². The van der Waals surface area contributed by atoms with E-state index in [-0.39, 0.29) is 12.2 Å². The minimum atomic E-state index is -0.512. The van der Waals surface area contributed by atoms with Crippen LogP contribution >= 0.6 is 11.3 Å². The molecular formula is C12H17NO3S. The van der Waals surface area contributed by atoms with Gasteiger partial charge in [-0.3, -0.25) is 4.79 Å². The van der Waals surface area contributed by atoms with Gasteiger partial charge in [-0.2, -0.15) is 11.3 Å². The molecule has 0 saturated carbocycles. The zero-order valence-corrected chi connectivity index (χ0v) is 11.1. The van der Waals surface area contributed by atoms with Crippen molar-refractivity contribution in [3.8, 4) is 0 Å². The Kier molecular flexibility index (Phi) is 4.69. The third kappa shape index (κ3) is 5.49. The molecule has 1 N–H and O–H groups in total. The van der Waals surface area contributed by atoms with Crippen LogP contribution < -0.4 is 5.32 Å². The Bertz CT molecular complexity index is 379. The van der Waals surface area contributed by atoms with Gasteiger partial charge in [-0.05, 0) is 32.2 Å². The second-order valence-electron chi connectivity index (χ2n) is 4.61. The number of ether oxygens (including phenoxy) is 1. The third-order valence-corrected chi connectivity index (χ3v) is 2.55.